The summed E-state index contributed by atoms with van der Waals surface area (Å²) in [5.41, 5.74) is 3.04. The second kappa shape index (κ2) is 7.76. The van der Waals surface area contributed by atoms with E-state index < -0.39 is 6.10 Å². The van der Waals surface area contributed by atoms with Crippen molar-refractivity contribution in [2.24, 2.45) is 0 Å². The molecule has 0 bridgehead atoms. The normalized spacial score (nSPS) is 12.1. The van der Waals surface area contributed by atoms with E-state index in [0.717, 1.165) is 22.7 Å². The molecule has 0 saturated carbocycles. The number of aliphatic hydroxyl groups is 1. The third-order valence-corrected chi connectivity index (χ3v) is 3.16. The minimum Gasteiger partial charge on any atom is -0.491 e. The van der Waals surface area contributed by atoms with Crippen LogP contribution in [0.2, 0.25) is 0 Å². The highest BCUT2D eigenvalue weighted by atomic mass is 16.5. The predicted molar refractivity (Wildman–Crippen MR) is 83.4 cm³/mol. The van der Waals surface area contributed by atoms with Crippen molar-refractivity contribution in [3.63, 3.8) is 0 Å². The summed E-state index contributed by atoms with van der Waals surface area (Å²) in [5.74, 6) is 0.817. The molecular formula is C17H22N2O2. The molecule has 0 radical (unpaired) electrons. The smallest absolute Gasteiger partial charge is 0.122 e. The van der Waals surface area contributed by atoms with Gasteiger partial charge in [-0.15, -0.1) is 0 Å². The second-order valence-electron chi connectivity index (χ2n) is 5.13. The average Bonchev–Trinajstić information content (AvgIpc) is 2.46. The summed E-state index contributed by atoms with van der Waals surface area (Å²) >= 11 is 0. The first-order chi connectivity index (χ1) is 10.1. The molecule has 1 atom stereocenters. The summed E-state index contributed by atoms with van der Waals surface area (Å²) in [6, 6.07) is 13.7. The van der Waals surface area contributed by atoms with Crippen LogP contribution in [0.15, 0.2) is 42.5 Å². The van der Waals surface area contributed by atoms with E-state index in [1.54, 1.807) is 0 Å². The zero-order chi connectivity index (χ0) is 15.1. The number of aryl methyl sites for hydroxylation is 2. The van der Waals surface area contributed by atoms with E-state index in [0.29, 0.717) is 13.1 Å². The van der Waals surface area contributed by atoms with Gasteiger partial charge >= 0.3 is 0 Å². The molecule has 0 amide bonds. The standard InChI is InChI=1S/C17H22N2O2/c1-13-6-3-4-9-17(13)21-12-16(20)11-18-10-15-8-5-7-14(2)19-15/h3-9,16,18,20H,10-12H2,1-2H3. The molecule has 4 nitrogen and oxygen atoms in total. The van der Waals surface area contributed by atoms with E-state index in [-0.39, 0.29) is 6.61 Å². The zero-order valence-corrected chi connectivity index (χ0v) is 12.5. The molecule has 2 rings (SSSR count). The van der Waals surface area contributed by atoms with Crippen LogP contribution in [0.5, 0.6) is 5.75 Å². The third-order valence-electron chi connectivity index (χ3n) is 3.16. The number of hydrogen-bond acceptors (Lipinski definition) is 4. The number of ether oxygens (including phenoxy) is 1. The zero-order valence-electron chi connectivity index (χ0n) is 12.5. The first kappa shape index (κ1) is 15.5. The molecule has 0 spiro atoms. The van der Waals surface area contributed by atoms with E-state index in [2.05, 4.69) is 10.3 Å². The minimum atomic E-state index is -0.547. The number of aliphatic hydroxyl groups excluding tert-OH is 1. The maximum atomic E-state index is 9.93. The van der Waals surface area contributed by atoms with Crippen molar-refractivity contribution in [1.29, 1.82) is 0 Å². The van der Waals surface area contributed by atoms with E-state index in [1.807, 2.05) is 56.3 Å². The lowest BCUT2D eigenvalue weighted by atomic mass is 10.2. The molecule has 0 fully saturated rings. The van der Waals surface area contributed by atoms with Crippen LogP contribution in [0, 0.1) is 13.8 Å². The monoisotopic (exact) mass is 286 g/mol. The summed E-state index contributed by atoms with van der Waals surface area (Å²) in [6.45, 7) is 5.35. The van der Waals surface area contributed by atoms with Crippen molar-refractivity contribution < 1.29 is 9.84 Å². The van der Waals surface area contributed by atoms with Gasteiger partial charge in [0.25, 0.3) is 0 Å². The Morgan fingerprint density at radius 1 is 1.14 bits per heavy atom. The fraction of sp³-hybridized carbons (Fsp3) is 0.353. The molecule has 0 saturated heterocycles. The fourth-order valence-corrected chi connectivity index (χ4v) is 2.03. The Morgan fingerprint density at radius 2 is 1.95 bits per heavy atom. The summed E-state index contributed by atoms with van der Waals surface area (Å²) in [5, 5.41) is 13.1. The van der Waals surface area contributed by atoms with Gasteiger partial charge in [-0.2, -0.15) is 0 Å². The molecule has 2 N–H and O–H groups in total. The van der Waals surface area contributed by atoms with Gasteiger partial charge in [0.1, 0.15) is 18.5 Å². The molecule has 4 heteroatoms. The van der Waals surface area contributed by atoms with Crippen molar-refractivity contribution in [2.45, 2.75) is 26.5 Å². The van der Waals surface area contributed by atoms with Crippen molar-refractivity contribution in [1.82, 2.24) is 10.3 Å². The fourth-order valence-electron chi connectivity index (χ4n) is 2.03. The van der Waals surface area contributed by atoms with E-state index in [4.69, 9.17) is 4.74 Å². The van der Waals surface area contributed by atoms with Gasteiger partial charge in [0.15, 0.2) is 0 Å². The number of aromatic nitrogens is 1. The van der Waals surface area contributed by atoms with Gasteiger partial charge in [-0.25, -0.2) is 0 Å². The molecule has 2 aromatic rings. The van der Waals surface area contributed by atoms with Gasteiger partial charge in [-0.1, -0.05) is 24.3 Å². The molecular weight excluding hydrogens is 264 g/mol. The number of nitrogens with one attached hydrogen (secondary N) is 1. The number of benzene rings is 1. The highest BCUT2D eigenvalue weighted by molar-refractivity contribution is 5.31. The largest absolute Gasteiger partial charge is 0.491 e. The van der Waals surface area contributed by atoms with Crippen LogP contribution in [0.1, 0.15) is 17.0 Å². The van der Waals surface area contributed by atoms with Crippen LogP contribution in [-0.4, -0.2) is 29.3 Å². The van der Waals surface area contributed by atoms with E-state index in [9.17, 15) is 5.11 Å². The van der Waals surface area contributed by atoms with Gasteiger partial charge in [0, 0.05) is 18.8 Å². The van der Waals surface area contributed by atoms with Crippen LogP contribution in [0.25, 0.3) is 0 Å². The molecule has 0 aliphatic carbocycles. The van der Waals surface area contributed by atoms with Crippen LogP contribution in [-0.2, 0) is 6.54 Å². The number of hydrogen-bond donors (Lipinski definition) is 2. The van der Waals surface area contributed by atoms with Crippen molar-refractivity contribution >= 4 is 0 Å². The Labute approximate surface area is 125 Å². The Bertz CT molecular complexity index is 572. The maximum absolute atomic E-state index is 9.93. The highest BCUT2D eigenvalue weighted by Crippen LogP contribution is 2.16. The first-order valence-corrected chi connectivity index (χ1v) is 7.15. The van der Waals surface area contributed by atoms with Gasteiger partial charge in [0.05, 0.1) is 5.69 Å². The Balaban J connectivity index is 1.70. The minimum absolute atomic E-state index is 0.277. The lowest BCUT2D eigenvalue weighted by molar-refractivity contribution is 0.106. The van der Waals surface area contributed by atoms with Crippen molar-refractivity contribution in [3.8, 4) is 5.75 Å². The van der Waals surface area contributed by atoms with Crippen LogP contribution in [0.3, 0.4) is 0 Å². The second-order valence-corrected chi connectivity index (χ2v) is 5.13. The number of para-hydroxylation sites is 1. The topological polar surface area (TPSA) is 54.4 Å². The molecule has 1 aromatic heterocycles. The van der Waals surface area contributed by atoms with Gasteiger partial charge in [-0.3, -0.25) is 4.98 Å². The van der Waals surface area contributed by atoms with Crippen LogP contribution < -0.4 is 10.1 Å². The molecule has 1 unspecified atom stereocenters. The quantitative estimate of drug-likeness (QED) is 0.819. The first-order valence-electron chi connectivity index (χ1n) is 7.15. The SMILES string of the molecule is Cc1cccc(CNCC(O)COc2ccccc2C)n1. The third kappa shape index (κ3) is 5.17. The summed E-state index contributed by atoms with van der Waals surface area (Å²) in [7, 11) is 0. The molecule has 112 valence electrons. The predicted octanol–water partition coefficient (Wildman–Crippen LogP) is 2.23. The summed E-state index contributed by atoms with van der Waals surface area (Å²) in [4.78, 5) is 4.40. The van der Waals surface area contributed by atoms with Gasteiger partial charge < -0.3 is 15.2 Å². The average molecular weight is 286 g/mol. The summed E-state index contributed by atoms with van der Waals surface area (Å²) in [6.07, 6.45) is -0.547. The lowest BCUT2D eigenvalue weighted by Gasteiger charge is -2.14. The van der Waals surface area contributed by atoms with Crippen LogP contribution >= 0.6 is 0 Å². The Kier molecular flexibility index (Phi) is 5.72. The van der Waals surface area contributed by atoms with E-state index in [1.165, 1.54) is 0 Å². The lowest BCUT2D eigenvalue weighted by Crippen LogP contribution is -2.31. The molecule has 1 heterocycles. The molecule has 0 aliphatic heterocycles. The van der Waals surface area contributed by atoms with E-state index >= 15 is 0 Å². The van der Waals surface area contributed by atoms with Crippen molar-refractivity contribution in [2.75, 3.05) is 13.2 Å². The van der Waals surface area contributed by atoms with Crippen molar-refractivity contribution in [3.05, 3.63) is 59.4 Å². The maximum Gasteiger partial charge on any atom is 0.122 e. The van der Waals surface area contributed by atoms with Crippen LogP contribution in [0.4, 0.5) is 0 Å². The number of nitrogens with zero attached hydrogens (tertiary/aromatic N) is 1. The summed E-state index contributed by atoms with van der Waals surface area (Å²) < 4.78 is 5.61. The highest BCUT2D eigenvalue weighted by Gasteiger charge is 2.06. The molecule has 1 aromatic carbocycles. The van der Waals surface area contributed by atoms with Gasteiger partial charge in [0.2, 0.25) is 0 Å². The number of rotatable bonds is 7. The molecule has 21 heavy (non-hydrogen) atoms. The Hall–Kier alpha value is -1.91. The van der Waals surface area contributed by atoms with Gasteiger partial charge in [-0.05, 0) is 37.6 Å². The number of pyridine rings is 1. The Morgan fingerprint density at radius 3 is 2.71 bits per heavy atom. The molecule has 0 aliphatic rings.